The van der Waals surface area contributed by atoms with Gasteiger partial charge in [-0.25, -0.2) is 0 Å². The molecule has 0 fully saturated rings. The summed E-state index contributed by atoms with van der Waals surface area (Å²) >= 11 is 0. The van der Waals surface area contributed by atoms with Gasteiger partial charge >= 0.3 is 0 Å². The van der Waals surface area contributed by atoms with E-state index < -0.39 is 0 Å². The molecule has 2 aromatic carbocycles. The lowest BCUT2D eigenvalue weighted by Crippen LogP contribution is -2.06. The molecule has 0 aliphatic heterocycles. The van der Waals surface area contributed by atoms with Crippen LogP contribution in [0.4, 0.5) is 11.4 Å². The van der Waals surface area contributed by atoms with Crippen molar-refractivity contribution in [3.05, 3.63) is 69.9 Å². The third-order valence-electron chi connectivity index (χ3n) is 3.42. The number of rotatable bonds is 5. The van der Waals surface area contributed by atoms with Crippen LogP contribution in [0.3, 0.4) is 0 Å². The van der Waals surface area contributed by atoms with Gasteiger partial charge in [-0.1, -0.05) is 49.7 Å². The molecular weight excluding hydrogens is 246 g/mol. The van der Waals surface area contributed by atoms with E-state index >= 15 is 0 Å². The zero-order valence-electron chi connectivity index (χ0n) is 12.1. The number of hydrogen-bond acceptors (Lipinski definition) is 2. The van der Waals surface area contributed by atoms with Crippen LogP contribution in [-0.4, -0.2) is 0 Å². The second-order valence-corrected chi connectivity index (χ2v) is 5.03. The second kappa shape index (κ2) is 6.90. The molecule has 2 heteroatoms. The van der Waals surface area contributed by atoms with Gasteiger partial charge in [0.1, 0.15) is 0 Å². The Morgan fingerprint density at radius 2 is 1.80 bits per heavy atom. The van der Waals surface area contributed by atoms with Crippen LogP contribution in [0.1, 0.15) is 30.9 Å². The van der Waals surface area contributed by atoms with E-state index in [0.29, 0.717) is 5.69 Å². The highest BCUT2D eigenvalue weighted by molar-refractivity contribution is 5.66. The van der Waals surface area contributed by atoms with Gasteiger partial charge in [-0.05, 0) is 43.0 Å². The fraction of sp³-hybridized carbons (Fsp3) is 0.278. The van der Waals surface area contributed by atoms with Crippen molar-refractivity contribution in [2.45, 2.75) is 33.1 Å². The zero-order valence-corrected chi connectivity index (χ0v) is 12.1. The Labute approximate surface area is 120 Å². The molecule has 0 radical (unpaired) electrons. The van der Waals surface area contributed by atoms with Gasteiger partial charge in [0.25, 0.3) is 0 Å². The Balaban J connectivity index is 2.38. The van der Waals surface area contributed by atoms with Crippen molar-refractivity contribution in [2.24, 2.45) is 0 Å². The molecule has 104 valence electrons. The van der Waals surface area contributed by atoms with Crippen molar-refractivity contribution in [1.82, 2.24) is 0 Å². The first-order valence-corrected chi connectivity index (χ1v) is 7.17. The van der Waals surface area contributed by atoms with Gasteiger partial charge in [0.15, 0.2) is 0 Å². The summed E-state index contributed by atoms with van der Waals surface area (Å²) in [6, 6.07) is 15.2. The molecule has 2 rings (SSSR count). The number of nitrogens with one attached hydrogen (secondary N) is 1. The van der Waals surface area contributed by atoms with Crippen LogP contribution in [0.15, 0.2) is 53.3 Å². The minimum absolute atomic E-state index is 0.0136. The highest BCUT2D eigenvalue weighted by Crippen LogP contribution is 2.24. The maximum Gasteiger partial charge on any atom is 0.201 e. The van der Waals surface area contributed by atoms with Gasteiger partial charge in [-0.2, -0.15) is 0 Å². The molecule has 0 unspecified atom stereocenters. The number of anilines is 2. The molecule has 0 aliphatic rings. The average molecular weight is 267 g/mol. The molecule has 0 saturated heterocycles. The third kappa shape index (κ3) is 3.47. The van der Waals surface area contributed by atoms with Gasteiger partial charge in [0.05, 0.1) is 5.69 Å². The minimum Gasteiger partial charge on any atom is -0.352 e. The number of benzene rings is 1. The highest BCUT2D eigenvalue weighted by Gasteiger charge is 2.06. The quantitative estimate of drug-likeness (QED) is 0.867. The van der Waals surface area contributed by atoms with E-state index in [0.717, 1.165) is 18.5 Å². The van der Waals surface area contributed by atoms with Crippen molar-refractivity contribution in [3.8, 4) is 0 Å². The van der Waals surface area contributed by atoms with Gasteiger partial charge in [-0.15, -0.1) is 0 Å². The maximum atomic E-state index is 12.0. The normalized spacial score (nSPS) is 10.3. The highest BCUT2D eigenvalue weighted by atomic mass is 16.1. The fourth-order valence-corrected chi connectivity index (χ4v) is 2.25. The first-order valence-electron chi connectivity index (χ1n) is 7.17. The average Bonchev–Trinajstić information content (AvgIpc) is 2.64. The molecule has 0 saturated carbocycles. The van der Waals surface area contributed by atoms with Crippen LogP contribution in [0.2, 0.25) is 0 Å². The summed E-state index contributed by atoms with van der Waals surface area (Å²) in [6.45, 7) is 4.26. The van der Waals surface area contributed by atoms with Gasteiger partial charge in [0, 0.05) is 5.69 Å². The fourth-order valence-electron chi connectivity index (χ4n) is 2.25. The lowest BCUT2D eigenvalue weighted by molar-refractivity contribution is 0.796. The molecular formula is C18H21NO. The summed E-state index contributed by atoms with van der Waals surface area (Å²) in [4.78, 5) is 12.0. The molecule has 0 spiro atoms. The number of unbranched alkanes of at least 4 members (excludes halogenated alkanes) is 1. The Morgan fingerprint density at radius 1 is 1.00 bits per heavy atom. The summed E-state index contributed by atoms with van der Waals surface area (Å²) in [6.07, 6.45) is 3.36. The molecule has 0 amide bonds. The molecule has 2 aromatic rings. The molecule has 0 atom stereocenters. The summed E-state index contributed by atoms with van der Waals surface area (Å²) in [7, 11) is 0. The number of hydrogen-bond donors (Lipinski definition) is 1. The lowest BCUT2D eigenvalue weighted by Gasteiger charge is -2.14. The first-order chi connectivity index (χ1) is 9.72. The Bertz CT molecular complexity index is 634. The maximum absolute atomic E-state index is 12.0. The Kier molecular flexibility index (Phi) is 4.94. The lowest BCUT2D eigenvalue weighted by atomic mass is 10.0. The van der Waals surface area contributed by atoms with Crippen LogP contribution < -0.4 is 10.7 Å². The largest absolute Gasteiger partial charge is 0.352 e. The summed E-state index contributed by atoms with van der Waals surface area (Å²) in [5, 5.41) is 3.33. The topological polar surface area (TPSA) is 29.1 Å². The molecule has 0 aromatic heterocycles. The van der Waals surface area contributed by atoms with Gasteiger partial charge in [-0.3, -0.25) is 4.79 Å². The predicted molar refractivity (Wildman–Crippen MR) is 85.8 cm³/mol. The summed E-state index contributed by atoms with van der Waals surface area (Å²) in [5.74, 6) is 0. The monoisotopic (exact) mass is 267 g/mol. The Morgan fingerprint density at radius 3 is 2.60 bits per heavy atom. The van der Waals surface area contributed by atoms with Crippen LogP contribution in [0.5, 0.6) is 0 Å². The smallest absolute Gasteiger partial charge is 0.201 e. The molecule has 2 nitrogen and oxygen atoms in total. The zero-order chi connectivity index (χ0) is 14.4. The molecule has 0 bridgehead atoms. The van der Waals surface area contributed by atoms with Crippen molar-refractivity contribution in [1.29, 1.82) is 0 Å². The van der Waals surface area contributed by atoms with E-state index in [2.05, 4.69) is 37.4 Å². The van der Waals surface area contributed by atoms with Gasteiger partial charge < -0.3 is 5.32 Å². The van der Waals surface area contributed by atoms with Gasteiger partial charge in [0.2, 0.25) is 5.43 Å². The van der Waals surface area contributed by atoms with Crippen LogP contribution in [-0.2, 0) is 6.42 Å². The van der Waals surface area contributed by atoms with E-state index in [1.54, 1.807) is 12.1 Å². The van der Waals surface area contributed by atoms with E-state index in [1.165, 1.54) is 17.5 Å². The van der Waals surface area contributed by atoms with E-state index in [4.69, 9.17) is 0 Å². The Hall–Kier alpha value is -2.09. The van der Waals surface area contributed by atoms with Crippen molar-refractivity contribution >= 4 is 11.4 Å². The first kappa shape index (κ1) is 14.3. The number of aryl methyl sites for hydroxylation is 2. The second-order valence-electron chi connectivity index (χ2n) is 5.03. The van der Waals surface area contributed by atoms with E-state index in [1.807, 2.05) is 18.2 Å². The van der Waals surface area contributed by atoms with Crippen molar-refractivity contribution in [3.63, 3.8) is 0 Å². The molecule has 0 aliphatic carbocycles. The van der Waals surface area contributed by atoms with Crippen LogP contribution in [0.25, 0.3) is 0 Å². The van der Waals surface area contributed by atoms with Crippen LogP contribution in [0, 0.1) is 6.92 Å². The van der Waals surface area contributed by atoms with E-state index in [9.17, 15) is 4.79 Å². The summed E-state index contributed by atoms with van der Waals surface area (Å²) in [5.41, 5.74) is 4.16. The van der Waals surface area contributed by atoms with Crippen molar-refractivity contribution < 1.29 is 0 Å². The standard InChI is InChI=1S/C18H21NO/c1-3-4-10-15-11-8-9-14(2)18(15)19-16-12-6-5-7-13-17(16)20/h5-9,11-13H,3-4,10H2,1-2H3,(H,19,20). The molecule has 1 N–H and O–H groups in total. The van der Waals surface area contributed by atoms with E-state index in [-0.39, 0.29) is 5.43 Å². The SMILES string of the molecule is CCCCc1cccc(C)c1Nc1cccccc1=O. The molecule has 20 heavy (non-hydrogen) atoms. The van der Waals surface area contributed by atoms with Crippen LogP contribution >= 0.6 is 0 Å². The minimum atomic E-state index is 0.0136. The number of para-hydroxylation sites is 1. The third-order valence-corrected chi connectivity index (χ3v) is 3.42. The van der Waals surface area contributed by atoms with Crippen molar-refractivity contribution in [2.75, 3.05) is 5.32 Å². The summed E-state index contributed by atoms with van der Waals surface area (Å²) < 4.78 is 0. The predicted octanol–water partition coefficient (Wildman–Crippen LogP) is 4.44. The molecule has 0 heterocycles.